The lowest BCUT2D eigenvalue weighted by molar-refractivity contribution is -0.385. The van der Waals surface area contributed by atoms with Crippen LogP contribution in [0.25, 0.3) is 0 Å². The van der Waals surface area contributed by atoms with Crippen molar-refractivity contribution in [1.29, 1.82) is 0 Å². The van der Waals surface area contributed by atoms with Crippen molar-refractivity contribution < 1.29 is 14.1 Å². The zero-order valence-electron chi connectivity index (χ0n) is 15.8. The Morgan fingerprint density at radius 3 is 2.60 bits per heavy atom. The van der Waals surface area contributed by atoms with Crippen LogP contribution in [0.2, 0.25) is 5.02 Å². The molecule has 1 N–H and O–H groups in total. The molecular formula is C21H18ClFN4O3. The SMILES string of the molecule is O=C(CN(Cc1cccnc1)Cc1cc(F)ccc1[N+](=O)[O-])Nc1ccc(Cl)cc1. The average Bonchev–Trinajstić information content (AvgIpc) is 2.70. The number of benzene rings is 2. The summed E-state index contributed by atoms with van der Waals surface area (Å²) >= 11 is 5.85. The second-order valence-corrected chi connectivity index (χ2v) is 7.03. The van der Waals surface area contributed by atoms with Crippen LogP contribution in [0.1, 0.15) is 11.1 Å². The summed E-state index contributed by atoms with van der Waals surface area (Å²) in [6.45, 7) is 0.248. The molecule has 9 heteroatoms. The zero-order valence-corrected chi connectivity index (χ0v) is 16.6. The minimum atomic E-state index is -0.581. The van der Waals surface area contributed by atoms with Crippen LogP contribution in [0.4, 0.5) is 15.8 Å². The van der Waals surface area contributed by atoms with Gasteiger partial charge in [-0.25, -0.2) is 4.39 Å². The largest absolute Gasteiger partial charge is 0.325 e. The number of pyridine rings is 1. The Morgan fingerprint density at radius 1 is 1.17 bits per heavy atom. The molecule has 30 heavy (non-hydrogen) atoms. The van der Waals surface area contributed by atoms with Crippen LogP contribution in [0.5, 0.6) is 0 Å². The number of hydrogen-bond donors (Lipinski definition) is 1. The van der Waals surface area contributed by atoms with E-state index in [9.17, 15) is 19.3 Å². The molecule has 1 aromatic heterocycles. The van der Waals surface area contributed by atoms with E-state index in [-0.39, 0.29) is 30.2 Å². The molecule has 0 bridgehead atoms. The first-order valence-electron chi connectivity index (χ1n) is 9.00. The van der Waals surface area contributed by atoms with Crippen molar-refractivity contribution in [3.8, 4) is 0 Å². The number of halogens is 2. The van der Waals surface area contributed by atoms with Gasteiger partial charge in [0.25, 0.3) is 5.69 Å². The van der Waals surface area contributed by atoms with E-state index in [2.05, 4.69) is 10.3 Å². The van der Waals surface area contributed by atoms with Crippen LogP contribution in [0, 0.1) is 15.9 Å². The lowest BCUT2D eigenvalue weighted by Gasteiger charge is -2.22. The van der Waals surface area contributed by atoms with Gasteiger partial charge in [-0.15, -0.1) is 0 Å². The number of amides is 1. The Balaban J connectivity index is 1.80. The number of carbonyl (C=O) groups is 1. The molecule has 154 valence electrons. The second-order valence-electron chi connectivity index (χ2n) is 6.59. The predicted molar refractivity (Wildman–Crippen MR) is 111 cm³/mol. The lowest BCUT2D eigenvalue weighted by atomic mass is 10.1. The van der Waals surface area contributed by atoms with Gasteiger partial charge in [-0.05, 0) is 48.0 Å². The Bertz CT molecular complexity index is 1030. The maximum absolute atomic E-state index is 13.7. The van der Waals surface area contributed by atoms with Gasteiger partial charge in [-0.2, -0.15) is 0 Å². The van der Waals surface area contributed by atoms with E-state index in [0.29, 0.717) is 17.3 Å². The molecule has 0 spiro atoms. The second kappa shape index (κ2) is 9.91. The number of carbonyl (C=O) groups excluding carboxylic acids is 1. The van der Waals surface area contributed by atoms with Gasteiger partial charge in [0.05, 0.1) is 11.5 Å². The van der Waals surface area contributed by atoms with Crippen LogP contribution in [0.15, 0.2) is 67.0 Å². The highest BCUT2D eigenvalue weighted by molar-refractivity contribution is 6.30. The summed E-state index contributed by atoms with van der Waals surface area (Å²) in [4.78, 5) is 29.1. The predicted octanol–water partition coefficient (Wildman–Crippen LogP) is 4.42. The molecule has 0 atom stereocenters. The fourth-order valence-corrected chi connectivity index (χ4v) is 3.08. The third-order valence-corrected chi connectivity index (χ3v) is 4.51. The molecule has 0 radical (unpaired) electrons. The molecular weight excluding hydrogens is 411 g/mol. The van der Waals surface area contributed by atoms with Crippen molar-refractivity contribution in [3.63, 3.8) is 0 Å². The van der Waals surface area contributed by atoms with E-state index >= 15 is 0 Å². The summed E-state index contributed by atoms with van der Waals surface area (Å²) in [6, 6.07) is 13.5. The third kappa shape index (κ3) is 6.07. The first kappa shape index (κ1) is 21.4. The van der Waals surface area contributed by atoms with Crippen LogP contribution in [-0.2, 0) is 17.9 Å². The van der Waals surface area contributed by atoms with E-state index in [4.69, 9.17) is 11.6 Å². The minimum absolute atomic E-state index is 0.0109. The average molecular weight is 429 g/mol. The van der Waals surface area contributed by atoms with Gasteiger partial charge in [0, 0.05) is 47.8 Å². The van der Waals surface area contributed by atoms with E-state index in [1.807, 2.05) is 6.07 Å². The minimum Gasteiger partial charge on any atom is -0.325 e. The van der Waals surface area contributed by atoms with Crippen molar-refractivity contribution in [2.75, 3.05) is 11.9 Å². The van der Waals surface area contributed by atoms with Gasteiger partial charge in [0.15, 0.2) is 0 Å². The Kier molecular flexibility index (Phi) is 7.05. The summed E-state index contributed by atoms with van der Waals surface area (Å²) in [6.07, 6.45) is 3.27. The van der Waals surface area contributed by atoms with Crippen molar-refractivity contribution in [2.24, 2.45) is 0 Å². The fraction of sp³-hybridized carbons (Fsp3) is 0.143. The van der Waals surface area contributed by atoms with Gasteiger partial charge in [0.2, 0.25) is 5.91 Å². The standard InChI is InChI=1S/C21H18ClFN4O3/c22-17-3-6-19(7-4-17)25-21(28)14-26(12-15-2-1-9-24-11-15)13-16-10-18(23)5-8-20(16)27(29)30/h1-11H,12-14H2,(H,25,28). The Morgan fingerprint density at radius 2 is 1.93 bits per heavy atom. The zero-order chi connectivity index (χ0) is 21.5. The quantitative estimate of drug-likeness (QED) is 0.423. The fourth-order valence-electron chi connectivity index (χ4n) is 2.95. The molecule has 0 aliphatic rings. The molecule has 3 aromatic rings. The van der Waals surface area contributed by atoms with E-state index in [1.54, 1.807) is 47.6 Å². The molecule has 0 saturated heterocycles. The number of nitrogens with one attached hydrogen (secondary N) is 1. The highest BCUT2D eigenvalue weighted by Gasteiger charge is 2.20. The highest BCUT2D eigenvalue weighted by atomic mass is 35.5. The molecule has 0 unspecified atom stereocenters. The number of rotatable bonds is 8. The van der Waals surface area contributed by atoms with Crippen LogP contribution >= 0.6 is 11.6 Å². The van der Waals surface area contributed by atoms with E-state index in [1.165, 1.54) is 0 Å². The Labute approximate surface area is 177 Å². The highest BCUT2D eigenvalue weighted by Crippen LogP contribution is 2.22. The van der Waals surface area contributed by atoms with Gasteiger partial charge in [-0.3, -0.25) is 24.8 Å². The van der Waals surface area contributed by atoms with Gasteiger partial charge in [-0.1, -0.05) is 17.7 Å². The Hall–Kier alpha value is -3.36. The molecule has 1 amide bonds. The van der Waals surface area contributed by atoms with E-state index < -0.39 is 10.7 Å². The number of anilines is 1. The normalized spacial score (nSPS) is 10.8. The molecule has 1 heterocycles. The maximum atomic E-state index is 13.7. The molecule has 7 nitrogen and oxygen atoms in total. The monoisotopic (exact) mass is 428 g/mol. The molecule has 2 aromatic carbocycles. The summed E-state index contributed by atoms with van der Waals surface area (Å²) in [5.74, 6) is -0.900. The molecule has 0 fully saturated rings. The summed E-state index contributed by atoms with van der Waals surface area (Å²) in [5.41, 5.74) is 1.37. The number of nitrogens with zero attached hydrogens (tertiary/aromatic N) is 3. The van der Waals surface area contributed by atoms with Crippen molar-refractivity contribution in [2.45, 2.75) is 13.1 Å². The molecule has 0 aliphatic heterocycles. The van der Waals surface area contributed by atoms with Crippen LogP contribution in [0.3, 0.4) is 0 Å². The topological polar surface area (TPSA) is 88.4 Å². The lowest BCUT2D eigenvalue weighted by Crippen LogP contribution is -2.32. The van der Waals surface area contributed by atoms with Crippen molar-refractivity contribution in [1.82, 2.24) is 9.88 Å². The van der Waals surface area contributed by atoms with Gasteiger partial charge >= 0.3 is 0 Å². The first-order valence-corrected chi connectivity index (χ1v) is 9.38. The summed E-state index contributed by atoms with van der Waals surface area (Å²) in [7, 11) is 0. The maximum Gasteiger partial charge on any atom is 0.274 e. The molecule has 3 rings (SSSR count). The molecule has 0 aliphatic carbocycles. The summed E-state index contributed by atoms with van der Waals surface area (Å²) in [5, 5.41) is 14.6. The van der Waals surface area contributed by atoms with E-state index in [0.717, 1.165) is 23.8 Å². The molecule has 0 saturated carbocycles. The number of nitro groups is 1. The number of hydrogen-bond acceptors (Lipinski definition) is 5. The smallest absolute Gasteiger partial charge is 0.274 e. The van der Waals surface area contributed by atoms with Crippen LogP contribution in [-0.4, -0.2) is 27.3 Å². The third-order valence-electron chi connectivity index (χ3n) is 4.26. The number of aromatic nitrogens is 1. The van der Waals surface area contributed by atoms with Crippen LogP contribution < -0.4 is 5.32 Å². The van der Waals surface area contributed by atoms with Crippen molar-refractivity contribution >= 4 is 28.9 Å². The number of nitro benzene ring substituents is 1. The van der Waals surface area contributed by atoms with Gasteiger partial charge < -0.3 is 5.32 Å². The first-order chi connectivity index (χ1) is 14.4. The van der Waals surface area contributed by atoms with Gasteiger partial charge in [0.1, 0.15) is 5.82 Å². The summed E-state index contributed by atoms with van der Waals surface area (Å²) < 4.78 is 13.7. The van der Waals surface area contributed by atoms with Crippen molar-refractivity contribution in [3.05, 3.63) is 99.1 Å².